The third-order valence-electron chi connectivity index (χ3n) is 2.80. The van der Waals surface area contributed by atoms with Crippen LogP contribution in [0.25, 0.3) is 0 Å². The van der Waals surface area contributed by atoms with E-state index in [4.69, 9.17) is 17.7 Å². The van der Waals surface area contributed by atoms with Gasteiger partial charge < -0.3 is 20.3 Å². The first-order chi connectivity index (χ1) is 6.48. The van der Waals surface area contributed by atoms with E-state index in [1.165, 1.54) is 14.0 Å². The summed E-state index contributed by atoms with van der Waals surface area (Å²) in [5.41, 5.74) is -1.19. The lowest BCUT2D eigenvalue weighted by atomic mass is 9.75. The zero-order valence-electron chi connectivity index (χ0n) is 8.23. The highest BCUT2D eigenvalue weighted by molar-refractivity contribution is 6.12. The molecule has 1 fully saturated rings. The zero-order valence-corrected chi connectivity index (χ0v) is 8.23. The summed E-state index contributed by atoms with van der Waals surface area (Å²) < 4.78 is 5.08. The van der Waals surface area contributed by atoms with Gasteiger partial charge in [-0.3, -0.25) is 4.79 Å². The quantitative estimate of drug-likeness (QED) is 0.449. The van der Waals surface area contributed by atoms with Gasteiger partial charge in [-0.15, -0.1) is 0 Å². The van der Waals surface area contributed by atoms with E-state index < -0.39 is 29.5 Å². The SMILES string of the molecule is [B][C@@H]1OC(CO)[C@](C)(C(=O)NC)[C@H]1O. The highest BCUT2D eigenvalue weighted by atomic mass is 16.5. The van der Waals surface area contributed by atoms with Crippen LogP contribution in [0.15, 0.2) is 0 Å². The second-order valence-corrected chi connectivity index (χ2v) is 3.58. The molecule has 4 atom stereocenters. The number of ether oxygens (including phenoxy) is 1. The lowest BCUT2D eigenvalue weighted by Gasteiger charge is -2.29. The molecule has 1 aliphatic heterocycles. The molecule has 14 heavy (non-hydrogen) atoms. The maximum absolute atomic E-state index is 11.5. The number of hydrogen-bond donors (Lipinski definition) is 3. The van der Waals surface area contributed by atoms with Crippen LogP contribution in [0.4, 0.5) is 0 Å². The van der Waals surface area contributed by atoms with E-state index in [0.29, 0.717) is 0 Å². The van der Waals surface area contributed by atoms with Gasteiger partial charge in [0.2, 0.25) is 5.91 Å². The van der Waals surface area contributed by atoms with E-state index in [-0.39, 0.29) is 6.61 Å². The summed E-state index contributed by atoms with van der Waals surface area (Å²) in [5, 5.41) is 21.1. The van der Waals surface area contributed by atoms with Gasteiger partial charge in [0.15, 0.2) is 0 Å². The van der Waals surface area contributed by atoms with E-state index in [1.54, 1.807) is 0 Å². The molecule has 1 heterocycles. The Balaban J connectivity index is 2.97. The van der Waals surface area contributed by atoms with E-state index in [2.05, 4.69) is 5.32 Å². The van der Waals surface area contributed by atoms with E-state index in [9.17, 15) is 9.90 Å². The third-order valence-corrected chi connectivity index (χ3v) is 2.80. The molecule has 0 aromatic heterocycles. The Kier molecular flexibility index (Phi) is 3.19. The summed E-state index contributed by atoms with van der Waals surface area (Å²) >= 11 is 0. The van der Waals surface area contributed by atoms with Crippen LogP contribution in [-0.2, 0) is 9.53 Å². The average molecular weight is 199 g/mol. The Hall–Kier alpha value is -0.585. The van der Waals surface area contributed by atoms with Gasteiger partial charge in [-0.1, -0.05) is 0 Å². The van der Waals surface area contributed by atoms with Crippen LogP contribution in [0, 0.1) is 5.41 Å². The number of carbonyl (C=O) groups excluding carboxylic acids is 1. The molecule has 0 aliphatic carbocycles. The lowest BCUT2D eigenvalue weighted by Crippen LogP contribution is -2.51. The molecule has 6 heteroatoms. The topological polar surface area (TPSA) is 78.8 Å². The number of aliphatic hydroxyl groups is 2. The van der Waals surface area contributed by atoms with Crippen molar-refractivity contribution in [3.63, 3.8) is 0 Å². The molecule has 78 valence electrons. The maximum atomic E-state index is 11.5. The van der Waals surface area contributed by atoms with Gasteiger partial charge in [-0.25, -0.2) is 0 Å². The molecular formula is C8H14BNO4. The summed E-state index contributed by atoms with van der Waals surface area (Å²) in [5.74, 6) is -0.392. The largest absolute Gasteiger partial charge is 0.394 e. The normalized spacial score (nSPS) is 42.4. The van der Waals surface area contributed by atoms with Crippen LogP contribution < -0.4 is 5.32 Å². The van der Waals surface area contributed by atoms with Crippen molar-refractivity contribution < 1.29 is 19.7 Å². The molecule has 0 spiro atoms. The molecular weight excluding hydrogens is 185 g/mol. The van der Waals surface area contributed by atoms with Crippen molar-refractivity contribution in [3.8, 4) is 0 Å². The minimum absolute atomic E-state index is 0.353. The fourth-order valence-corrected chi connectivity index (χ4v) is 1.72. The summed E-state index contributed by atoms with van der Waals surface area (Å²) in [6, 6.07) is -0.936. The molecule has 1 unspecified atom stereocenters. The summed E-state index contributed by atoms with van der Waals surface area (Å²) in [6.07, 6.45) is -1.88. The van der Waals surface area contributed by atoms with Crippen LogP contribution >= 0.6 is 0 Å². The molecule has 0 saturated carbocycles. The first-order valence-electron chi connectivity index (χ1n) is 4.40. The third kappa shape index (κ3) is 1.43. The molecule has 5 nitrogen and oxygen atoms in total. The highest BCUT2D eigenvalue weighted by Gasteiger charge is 2.55. The van der Waals surface area contributed by atoms with Crippen molar-refractivity contribution in [2.45, 2.75) is 25.1 Å². The van der Waals surface area contributed by atoms with Crippen molar-refractivity contribution in [3.05, 3.63) is 0 Å². The number of aliphatic hydroxyl groups excluding tert-OH is 2. The summed E-state index contributed by atoms with van der Waals surface area (Å²) in [7, 11) is 6.91. The van der Waals surface area contributed by atoms with Crippen LogP contribution in [0.1, 0.15) is 6.92 Å². The van der Waals surface area contributed by atoms with Gasteiger partial charge >= 0.3 is 0 Å². The van der Waals surface area contributed by atoms with Crippen LogP contribution in [0.5, 0.6) is 0 Å². The highest BCUT2D eigenvalue weighted by Crippen LogP contribution is 2.37. The molecule has 1 saturated heterocycles. The van der Waals surface area contributed by atoms with E-state index in [1.807, 2.05) is 0 Å². The standard InChI is InChI=1S/C8H14BNO4/c1-8(7(13)10-2)4(3-11)14-6(9)5(8)12/h4-6,11-12H,3H2,1-2H3,(H,10,13)/t4?,5-,6+,8-/m0/s1. The van der Waals surface area contributed by atoms with E-state index >= 15 is 0 Å². The molecule has 0 bridgehead atoms. The second kappa shape index (κ2) is 3.88. The number of hydrogen-bond acceptors (Lipinski definition) is 4. The fourth-order valence-electron chi connectivity index (χ4n) is 1.72. The Bertz CT molecular complexity index is 237. The van der Waals surface area contributed by atoms with Gasteiger partial charge in [0, 0.05) is 13.1 Å². The molecule has 3 N–H and O–H groups in total. The van der Waals surface area contributed by atoms with Crippen molar-refractivity contribution in [2.75, 3.05) is 13.7 Å². The molecule has 1 amide bonds. The predicted octanol–water partition coefficient (Wildman–Crippen LogP) is -2.01. The van der Waals surface area contributed by atoms with Gasteiger partial charge in [0.25, 0.3) is 0 Å². The monoisotopic (exact) mass is 199 g/mol. The van der Waals surface area contributed by atoms with Crippen molar-refractivity contribution >= 4 is 13.8 Å². The minimum atomic E-state index is -1.19. The van der Waals surface area contributed by atoms with Crippen molar-refractivity contribution in [2.24, 2.45) is 5.41 Å². The van der Waals surface area contributed by atoms with Crippen LogP contribution in [0.3, 0.4) is 0 Å². The summed E-state index contributed by atoms with van der Waals surface area (Å²) in [6.45, 7) is 1.17. The van der Waals surface area contributed by atoms with Crippen LogP contribution in [-0.4, -0.2) is 55.8 Å². The second-order valence-electron chi connectivity index (χ2n) is 3.58. The van der Waals surface area contributed by atoms with Gasteiger partial charge in [0.05, 0.1) is 18.8 Å². The lowest BCUT2D eigenvalue weighted by molar-refractivity contribution is -0.138. The number of amides is 1. The Morgan fingerprint density at radius 1 is 1.71 bits per heavy atom. The van der Waals surface area contributed by atoms with E-state index in [0.717, 1.165) is 0 Å². The molecule has 2 radical (unpaired) electrons. The predicted molar refractivity (Wildman–Crippen MR) is 49.7 cm³/mol. The molecule has 0 aromatic rings. The van der Waals surface area contributed by atoms with Crippen LogP contribution in [0.2, 0.25) is 0 Å². The first-order valence-corrected chi connectivity index (χ1v) is 4.40. The average Bonchev–Trinajstić information content (AvgIpc) is 2.42. The smallest absolute Gasteiger partial charge is 0.231 e. The number of rotatable bonds is 2. The molecule has 1 aliphatic rings. The van der Waals surface area contributed by atoms with Gasteiger partial charge in [-0.05, 0) is 6.92 Å². The Morgan fingerprint density at radius 3 is 2.71 bits per heavy atom. The maximum Gasteiger partial charge on any atom is 0.231 e. The molecule has 1 rings (SSSR count). The fraction of sp³-hybridized carbons (Fsp3) is 0.875. The summed E-state index contributed by atoms with van der Waals surface area (Å²) in [4.78, 5) is 11.5. The Morgan fingerprint density at radius 2 is 2.29 bits per heavy atom. The van der Waals surface area contributed by atoms with Crippen molar-refractivity contribution in [1.82, 2.24) is 5.32 Å². The van der Waals surface area contributed by atoms with Crippen molar-refractivity contribution in [1.29, 1.82) is 0 Å². The first kappa shape index (κ1) is 11.5. The zero-order chi connectivity index (χ0) is 10.9. The molecule has 0 aromatic carbocycles. The minimum Gasteiger partial charge on any atom is -0.394 e. The number of nitrogens with one attached hydrogen (secondary N) is 1. The Labute approximate surface area is 83.9 Å². The van der Waals surface area contributed by atoms with Gasteiger partial charge in [0.1, 0.15) is 13.3 Å². The number of carbonyl (C=O) groups is 1. The van der Waals surface area contributed by atoms with Gasteiger partial charge in [-0.2, -0.15) is 0 Å².